The molecule has 0 fully saturated rings. The first kappa shape index (κ1) is 16.0. The van der Waals surface area contributed by atoms with Crippen molar-refractivity contribution in [2.24, 2.45) is 0 Å². The minimum Gasteiger partial charge on any atom is -0.462 e. The van der Waals surface area contributed by atoms with E-state index in [1.807, 2.05) is 0 Å². The third-order valence-corrected chi connectivity index (χ3v) is 3.84. The number of carbonyl (C=O) groups excluding carboxylic acids is 2. The lowest BCUT2D eigenvalue weighted by atomic mass is 10.3. The lowest BCUT2D eigenvalue weighted by Gasteiger charge is -2.01. The number of anilines is 1. The van der Waals surface area contributed by atoms with E-state index in [-0.39, 0.29) is 24.6 Å². The van der Waals surface area contributed by atoms with Crippen LogP contribution >= 0.6 is 11.3 Å². The summed E-state index contributed by atoms with van der Waals surface area (Å²) < 4.78 is 11.2. The van der Waals surface area contributed by atoms with E-state index < -0.39 is 11.9 Å². The maximum absolute atomic E-state index is 11.8. The molecule has 0 aliphatic carbocycles. The highest BCUT2D eigenvalue weighted by atomic mass is 32.1. The van der Waals surface area contributed by atoms with Gasteiger partial charge in [0.25, 0.3) is 0 Å². The summed E-state index contributed by atoms with van der Waals surface area (Å²) in [4.78, 5) is 28.2. The van der Waals surface area contributed by atoms with Gasteiger partial charge in [-0.3, -0.25) is 0 Å². The van der Waals surface area contributed by atoms with E-state index in [0.29, 0.717) is 15.7 Å². The highest BCUT2D eigenvalue weighted by Gasteiger charge is 2.22. The highest BCUT2D eigenvalue weighted by molar-refractivity contribution is 7.16. The van der Waals surface area contributed by atoms with Crippen LogP contribution in [0.2, 0.25) is 0 Å². The van der Waals surface area contributed by atoms with Gasteiger partial charge in [-0.05, 0) is 20.8 Å². The molecule has 0 aliphatic heterocycles. The smallest absolute Gasteiger partial charge is 0.350 e. The summed E-state index contributed by atoms with van der Waals surface area (Å²) in [5.41, 5.74) is 6.59. The van der Waals surface area contributed by atoms with Crippen molar-refractivity contribution in [1.82, 2.24) is 14.8 Å². The van der Waals surface area contributed by atoms with Gasteiger partial charge < -0.3 is 15.2 Å². The summed E-state index contributed by atoms with van der Waals surface area (Å²) in [7, 11) is 0. The second kappa shape index (κ2) is 6.56. The van der Waals surface area contributed by atoms with Crippen molar-refractivity contribution >= 4 is 29.1 Å². The molecule has 0 bridgehead atoms. The lowest BCUT2D eigenvalue weighted by Crippen LogP contribution is -2.08. The molecule has 9 heteroatoms. The molecule has 0 aromatic carbocycles. The largest absolute Gasteiger partial charge is 0.462 e. The molecule has 2 rings (SSSR count). The van der Waals surface area contributed by atoms with E-state index in [2.05, 4.69) is 10.1 Å². The number of esters is 2. The number of aryl methyl sites for hydroxylation is 1. The van der Waals surface area contributed by atoms with E-state index in [4.69, 9.17) is 15.2 Å². The van der Waals surface area contributed by atoms with Gasteiger partial charge in [0, 0.05) is 0 Å². The van der Waals surface area contributed by atoms with Gasteiger partial charge in [-0.1, -0.05) is 11.3 Å². The molecule has 2 heterocycles. The molecule has 2 aromatic heterocycles. The predicted molar refractivity (Wildman–Crippen MR) is 80.3 cm³/mol. The van der Waals surface area contributed by atoms with Crippen molar-refractivity contribution in [3.63, 3.8) is 0 Å². The molecule has 0 saturated carbocycles. The SMILES string of the molecule is CCOC(=O)c1cnn(-c2nc(C)c(C(=O)OCC)s2)c1N. The lowest BCUT2D eigenvalue weighted by molar-refractivity contribution is 0.0519. The Morgan fingerprint density at radius 2 is 1.91 bits per heavy atom. The summed E-state index contributed by atoms with van der Waals surface area (Å²) >= 11 is 1.10. The van der Waals surface area contributed by atoms with E-state index in [1.165, 1.54) is 10.9 Å². The maximum atomic E-state index is 11.8. The number of hydrogen-bond acceptors (Lipinski definition) is 8. The van der Waals surface area contributed by atoms with Gasteiger partial charge in [0.15, 0.2) is 0 Å². The van der Waals surface area contributed by atoms with E-state index in [9.17, 15) is 9.59 Å². The highest BCUT2D eigenvalue weighted by Crippen LogP contribution is 2.25. The van der Waals surface area contributed by atoms with Crippen molar-refractivity contribution in [2.45, 2.75) is 20.8 Å². The van der Waals surface area contributed by atoms with Gasteiger partial charge >= 0.3 is 11.9 Å². The van der Waals surface area contributed by atoms with Crippen LogP contribution in [-0.2, 0) is 9.47 Å². The Kier molecular flexibility index (Phi) is 4.76. The van der Waals surface area contributed by atoms with Crippen LogP contribution in [0.25, 0.3) is 5.13 Å². The molecule has 118 valence electrons. The molecule has 0 radical (unpaired) electrons. The number of nitrogen functional groups attached to an aromatic ring is 1. The fraction of sp³-hybridized carbons (Fsp3) is 0.385. The normalized spacial score (nSPS) is 10.5. The molecule has 8 nitrogen and oxygen atoms in total. The maximum Gasteiger partial charge on any atom is 0.350 e. The first-order valence-corrected chi connectivity index (χ1v) is 7.46. The molecule has 2 N–H and O–H groups in total. The molecule has 0 spiro atoms. The summed E-state index contributed by atoms with van der Waals surface area (Å²) in [6, 6.07) is 0. The van der Waals surface area contributed by atoms with Crippen LogP contribution in [0.1, 0.15) is 39.6 Å². The number of hydrogen-bond donors (Lipinski definition) is 1. The fourth-order valence-electron chi connectivity index (χ4n) is 1.74. The van der Waals surface area contributed by atoms with Crippen molar-refractivity contribution in [3.8, 4) is 5.13 Å². The Morgan fingerprint density at radius 3 is 2.55 bits per heavy atom. The molecule has 0 saturated heterocycles. The van der Waals surface area contributed by atoms with E-state index in [0.717, 1.165) is 11.3 Å². The number of aromatic nitrogens is 3. The number of nitrogens with zero attached hydrogens (tertiary/aromatic N) is 3. The summed E-state index contributed by atoms with van der Waals surface area (Å²) in [6.07, 6.45) is 1.31. The number of nitrogens with two attached hydrogens (primary N) is 1. The Hall–Kier alpha value is -2.42. The standard InChI is InChI=1S/C13H16N4O4S/c1-4-20-11(18)8-6-15-17(10(8)14)13-16-7(3)9(22-13)12(19)21-5-2/h6H,4-5,14H2,1-3H3. The zero-order valence-electron chi connectivity index (χ0n) is 12.5. The van der Waals surface area contributed by atoms with Gasteiger partial charge in [-0.25, -0.2) is 14.6 Å². The van der Waals surface area contributed by atoms with Crippen molar-refractivity contribution in [1.29, 1.82) is 0 Å². The van der Waals surface area contributed by atoms with Crippen LogP contribution in [0.3, 0.4) is 0 Å². The molecular formula is C13H16N4O4S. The number of ether oxygens (including phenoxy) is 2. The molecule has 0 amide bonds. The Labute approximate surface area is 130 Å². The second-order valence-electron chi connectivity index (χ2n) is 4.21. The van der Waals surface area contributed by atoms with Crippen LogP contribution in [0.15, 0.2) is 6.20 Å². The molecule has 2 aromatic rings. The van der Waals surface area contributed by atoms with Crippen LogP contribution in [0.4, 0.5) is 5.82 Å². The first-order valence-electron chi connectivity index (χ1n) is 6.65. The molecule has 0 aliphatic rings. The third kappa shape index (κ3) is 2.93. The monoisotopic (exact) mass is 324 g/mol. The number of thiazole rings is 1. The van der Waals surface area contributed by atoms with E-state index >= 15 is 0 Å². The second-order valence-corrected chi connectivity index (χ2v) is 5.18. The zero-order chi connectivity index (χ0) is 16.3. The predicted octanol–water partition coefficient (Wildman–Crippen LogP) is 1.57. The topological polar surface area (TPSA) is 109 Å². The average Bonchev–Trinajstić information content (AvgIpc) is 3.02. The van der Waals surface area contributed by atoms with Gasteiger partial charge in [0.2, 0.25) is 5.13 Å². The van der Waals surface area contributed by atoms with Crippen molar-refractivity contribution < 1.29 is 19.1 Å². The molecule has 22 heavy (non-hydrogen) atoms. The number of carbonyl (C=O) groups is 2. The number of rotatable bonds is 5. The fourth-order valence-corrected chi connectivity index (χ4v) is 2.67. The van der Waals surface area contributed by atoms with Crippen LogP contribution in [0.5, 0.6) is 0 Å². The van der Waals surface area contributed by atoms with Crippen LogP contribution in [0, 0.1) is 6.92 Å². The zero-order valence-corrected chi connectivity index (χ0v) is 13.3. The van der Waals surface area contributed by atoms with Crippen molar-refractivity contribution in [2.75, 3.05) is 18.9 Å². The van der Waals surface area contributed by atoms with E-state index in [1.54, 1.807) is 20.8 Å². The summed E-state index contributed by atoms with van der Waals surface area (Å²) in [6.45, 7) is 5.65. The minimum atomic E-state index is -0.551. The Morgan fingerprint density at radius 1 is 1.27 bits per heavy atom. The molecule has 0 atom stereocenters. The van der Waals surface area contributed by atoms with Crippen molar-refractivity contribution in [3.05, 3.63) is 22.3 Å². The summed E-state index contributed by atoms with van der Waals surface area (Å²) in [5, 5.41) is 4.42. The summed E-state index contributed by atoms with van der Waals surface area (Å²) in [5.74, 6) is -0.882. The van der Waals surface area contributed by atoms with Gasteiger partial charge in [-0.15, -0.1) is 0 Å². The first-order chi connectivity index (χ1) is 10.5. The third-order valence-electron chi connectivity index (χ3n) is 2.73. The molecule has 0 unspecified atom stereocenters. The molecular weight excluding hydrogens is 308 g/mol. The van der Waals surface area contributed by atoms with Gasteiger partial charge in [-0.2, -0.15) is 9.78 Å². The minimum absolute atomic E-state index is 0.114. The average molecular weight is 324 g/mol. The van der Waals surface area contributed by atoms with Crippen LogP contribution in [-0.4, -0.2) is 39.9 Å². The van der Waals surface area contributed by atoms with Gasteiger partial charge in [0.05, 0.1) is 25.1 Å². The quantitative estimate of drug-likeness (QED) is 0.831. The Balaban J connectivity index is 2.35. The van der Waals surface area contributed by atoms with Crippen LogP contribution < -0.4 is 5.73 Å². The van der Waals surface area contributed by atoms with Gasteiger partial charge in [0.1, 0.15) is 16.3 Å². The Bertz CT molecular complexity index is 707.